The number of hydrogen-bond donors (Lipinski definition) is 1. The van der Waals surface area contributed by atoms with Crippen molar-refractivity contribution in [3.05, 3.63) is 95.6 Å². The molecular weight excluding hydrogens is 806 g/mol. The Morgan fingerprint density at radius 3 is 1.98 bits per heavy atom. The number of rotatable bonds is 37. The van der Waals surface area contributed by atoms with Crippen LogP contribution in [0.4, 0.5) is 0 Å². The van der Waals surface area contributed by atoms with Gasteiger partial charge in [0.2, 0.25) is 0 Å². The Labute approximate surface area is 375 Å². The van der Waals surface area contributed by atoms with Gasteiger partial charge < -0.3 is 37.4 Å². The molecule has 1 aromatic rings. The van der Waals surface area contributed by atoms with Gasteiger partial charge in [0.25, 0.3) is 7.82 Å². The lowest BCUT2D eigenvalue weighted by molar-refractivity contribution is -0.870. The van der Waals surface area contributed by atoms with Crippen molar-refractivity contribution in [2.24, 2.45) is 0 Å². The van der Waals surface area contributed by atoms with Gasteiger partial charge in [-0.25, -0.2) is 0 Å². The molecule has 12 heteroatoms. The first-order chi connectivity index (χ1) is 29.7. The molecule has 11 nitrogen and oxygen atoms in total. The highest BCUT2D eigenvalue weighted by atomic mass is 31.2. The van der Waals surface area contributed by atoms with Gasteiger partial charge in [-0.3, -0.25) is 14.2 Å². The van der Waals surface area contributed by atoms with Gasteiger partial charge >= 0.3 is 11.9 Å². The van der Waals surface area contributed by atoms with Crippen LogP contribution in [0.1, 0.15) is 146 Å². The standard InChI is InChI=1S/C50H82NO10P/c1-8-10-11-12-23-28-34-45(52)35-29-24-19-15-13-14-16-21-26-31-37-49(53)57-41-46(42-59-62(55,56)58-40-39-51(5,6)7)60-50(54)38-32-27-22-18-17-20-25-30-36-48-44(4)43(3)47(61-48)33-9-2/h10-11,13-14,19,21,23-24,26,28-29,35,45-46,52H,8-9,12,15-18,20,22,25,27,30-34,36-42H2,1-7H3/b11-10-,14-13-,24-19-,26-21-,28-23-,35-29+/t45?,46-/m1/s1. The summed E-state index contributed by atoms with van der Waals surface area (Å²) in [6, 6.07) is 0. The number of aliphatic hydroxyl groups excluding tert-OH is 1. The summed E-state index contributed by atoms with van der Waals surface area (Å²) < 4.78 is 40.0. The fourth-order valence-corrected chi connectivity index (χ4v) is 6.89. The van der Waals surface area contributed by atoms with E-state index in [1.165, 1.54) is 17.5 Å². The number of ether oxygens (including phenoxy) is 2. The van der Waals surface area contributed by atoms with Crippen LogP contribution in [0.2, 0.25) is 0 Å². The molecule has 62 heavy (non-hydrogen) atoms. The number of carbonyl (C=O) groups is 2. The molecule has 3 atom stereocenters. The Morgan fingerprint density at radius 1 is 0.726 bits per heavy atom. The second-order valence-corrected chi connectivity index (χ2v) is 18.2. The molecule has 0 radical (unpaired) electrons. The summed E-state index contributed by atoms with van der Waals surface area (Å²) in [6.07, 6.45) is 38.2. The number of phosphoric ester groups is 1. The van der Waals surface area contributed by atoms with E-state index in [4.69, 9.17) is 22.9 Å². The van der Waals surface area contributed by atoms with Crippen LogP contribution < -0.4 is 4.89 Å². The number of nitrogens with zero attached hydrogens (tertiary/aromatic N) is 1. The van der Waals surface area contributed by atoms with Crippen LogP contribution in [0.3, 0.4) is 0 Å². The third-order valence-corrected chi connectivity index (χ3v) is 11.0. The molecule has 0 aliphatic carbocycles. The zero-order valence-electron chi connectivity index (χ0n) is 39.4. The summed E-state index contributed by atoms with van der Waals surface area (Å²) in [5.74, 6) is 1.28. The third kappa shape index (κ3) is 31.5. The number of likely N-dealkylation sites (N-methyl/N-ethyl adjacent to an activating group) is 1. The predicted molar refractivity (Wildman–Crippen MR) is 250 cm³/mol. The van der Waals surface area contributed by atoms with Crippen LogP contribution >= 0.6 is 7.82 Å². The average molecular weight is 888 g/mol. The smallest absolute Gasteiger partial charge is 0.306 e. The van der Waals surface area contributed by atoms with Crippen molar-refractivity contribution in [2.45, 2.75) is 162 Å². The van der Waals surface area contributed by atoms with Gasteiger partial charge in [0, 0.05) is 25.7 Å². The van der Waals surface area contributed by atoms with E-state index < -0.39 is 38.6 Å². The lowest BCUT2D eigenvalue weighted by atomic mass is 10.0. The van der Waals surface area contributed by atoms with Crippen LogP contribution in [-0.2, 0) is 45.5 Å². The number of aryl methyl sites for hydroxylation is 2. The van der Waals surface area contributed by atoms with E-state index in [-0.39, 0.29) is 26.1 Å². The number of phosphoric acid groups is 1. The Balaban J connectivity index is 2.41. The molecule has 0 fully saturated rings. The molecule has 0 saturated heterocycles. The van der Waals surface area contributed by atoms with Gasteiger partial charge in [-0.05, 0) is 82.8 Å². The number of furan rings is 1. The maximum Gasteiger partial charge on any atom is 0.306 e. The molecule has 0 bridgehead atoms. The molecule has 1 rings (SSSR count). The fourth-order valence-electron chi connectivity index (χ4n) is 6.16. The lowest BCUT2D eigenvalue weighted by Crippen LogP contribution is -2.37. The quantitative estimate of drug-likeness (QED) is 0.0171. The molecule has 1 N–H and O–H groups in total. The summed E-state index contributed by atoms with van der Waals surface area (Å²) in [6.45, 7) is 8.13. The molecule has 1 aromatic heterocycles. The molecule has 2 unspecified atom stereocenters. The Kier molecular flexibility index (Phi) is 32.1. The van der Waals surface area contributed by atoms with E-state index in [1.807, 2.05) is 69.8 Å². The summed E-state index contributed by atoms with van der Waals surface area (Å²) in [7, 11) is 1.06. The van der Waals surface area contributed by atoms with E-state index in [0.717, 1.165) is 88.6 Å². The topological polar surface area (TPSA) is 145 Å². The summed E-state index contributed by atoms with van der Waals surface area (Å²) in [4.78, 5) is 37.7. The van der Waals surface area contributed by atoms with E-state index >= 15 is 0 Å². The number of esters is 2. The number of allylic oxidation sites excluding steroid dienone is 10. The minimum atomic E-state index is -4.67. The van der Waals surface area contributed by atoms with Crippen molar-refractivity contribution < 1.29 is 51.6 Å². The summed E-state index contributed by atoms with van der Waals surface area (Å²) >= 11 is 0. The van der Waals surface area contributed by atoms with Gasteiger partial charge in [0.05, 0.1) is 33.9 Å². The first kappa shape index (κ1) is 56.7. The zero-order chi connectivity index (χ0) is 45.9. The Morgan fingerprint density at radius 2 is 1.32 bits per heavy atom. The largest absolute Gasteiger partial charge is 0.756 e. The lowest BCUT2D eigenvalue weighted by Gasteiger charge is -2.28. The number of quaternary nitrogens is 1. The fraction of sp³-hybridized carbons (Fsp3) is 0.640. The maximum atomic E-state index is 12.7. The summed E-state index contributed by atoms with van der Waals surface area (Å²) in [5.41, 5.74) is 2.60. The number of carbonyl (C=O) groups excluding carboxylic acids is 2. The number of hydrogen-bond acceptors (Lipinski definition) is 10. The SMILES string of the molecule is CC/C=C\C/C=C\CC(O)/C=C/C=C\C/C=C\C/C=C\CCC(=O)OC[C@H](COP(=O)([O-])OCC[N+](C)(C)C)OC(=O)CCCCCCCCCCc1oc(CCC)c(C)c1C. The van der Waals surface area contributed by atoms with E-state index in [0.29, 0.717) is 36.7 Å². The highest BCUT2D eigenvalue weighted by Gasteiger charge is 2.22. The average Bonchev–Trinajstić information content (AvgIpc) is 3.48. The first-order valence-corrected chi connectivity index (χ1v) is 24.6. The normalized spacial score (nSPS) is 14.7. The van der Waals surface area contributed by atoms with E-state index in [9.17, 15) is 24.2 Å². The molecule has 0 spiro atoms. The van der Waals surface area contributed by atoms with E-state index in [1.54, 1.807) is 6.08 Å². The Hall–Kier alpha value is -3.31. The first-order valence-electron chi connectivity index (χ1n) is 23.1. The molecule has 0 amide bonds. The number of unbranched alkanes of at least 4 members (excludes halogenated alkanes) is 7. The van der Waals surface area contributed by atoms with Gasteiger partial charge in [0.1, 0.15) is 31.3 Å². The Bertz CT molecular complexity index is 1580. The summed E-state index contributed by atoms with van der Waals surface area (Å²) in [5, 5.41) is 10.0. The van der Waals surface area contributed by atoms with Crippen LogP contribution in [0, 0.1) is 13.8 Å². The van der Waals surface area contributed by atoms with Crippen LogP contribution in [0.25, 0.3) is 0 Å². The molecule has 0 aliphatic heterocycles. The highest BCUT2D eigenvalue weighted by Crippen LogP contribution is 2.38. The maximum absolute atomic E-state index is 12.7. The highest BCUT2D eigenvalue weighted by molar-refractivity contribution is 7.45. The molecule has 0 aliphatic rings. The minimum Gasteiger partial charge on any atom is -0.756 e. The van der Waals surface area contributed by atoms with Crippen molar-refractivity contribution in [3.8, 4) is 0 Å². The minimum absolute atomic E-state index is 0.0614. The monoisotopic (exact) mass is 888 g/mol. The molecule has 0 aromatic carbocycles. The third-order valence-electron chi connectivity index (χ3n) is 10.0. The van der Waals surface area contributed by atoms with Gasteiger partial charge in [-0.1, -0.05) is 125 Å². The van der Waals surface area contributed by atoms with Crippen molar-refractivity contribution >= 4 is 19.8 Å². The molecule has 0 saturated carbocycles. The second-order valence-electron chi connectivity index (χ2n) is 16.8. The molecular formula is C50H82NO10P. The van der Waals surface area contributed by atoms with Crippen molar-refractivity contribution in [1.29, 1.82) is 0 Å². The molecule has 352 valence electrons. The van der Waals surface area contributed by atoms with Crippen molar-refractivity contribution in [3.63, 3.8) is 0 Å². The van der Waals surface area contributed by atoms with Crippen LogP contribution in [0.5, 0.6) is 0 Å². The second kappa shape index (κ2) is 35.1. The zero-order valence-corrected chi connectivity index (χ0v) is 40.3. The van der Waals surface area contributed by atoms with Gasteiger partial charge in [0.15, 0.2) is 6.10 Å². The van der Waals surface area contributed by atoms with Crippen molar-refractivity contribution in [1.82, 2.24) is 0 Å². The van der Waals surface area contributed by atoms with Crippen LogP contribution in [0.15, 0.2) is 77.3 Å². The van der Waals surface area contributed by atoms with Crippen LogP contribution in [-0.4, -0.2) is 81.2 Å². The predicted octanol–water partition coefficient (Wildman–Crippen LogP) is 11.0. The van der Waals surface area contributed by atoms with Crippen molar-refractivity contribution in [2.75, 3.05) is 47.5 Å². The van der Waals surface area contributed by atoms with Gasteiger partial charge in [-0.2, -0.15) is 0 Å². The number of aliphatic hydroxyl groups is 1. The van der Waals surface area contributed by atoms with Gasteiger partial charge in [-0.15, -0.1) is 0 Å². The molecule has 1 heterocycles. The van der Waals surface area contributed by atoms with E-state index in [2.05, 4.69) is 45.9 Å².